The highest BCUT2D eigenvalue weighted by molar-refractivity contribution is 7.80. The summed E-state index contributed by atoms with van der Waals surface area (Å²) in [6, 6.07) is 10.8. The molecule has 0 fully saturated rings. The number of aliphatic carboxylic acids is 1. The predicted octanol–water partition coefficient (Wildman–Crippen LogP) is 3.78. The highest BCUT2D eigenvalue weighted by Crippen LogP contribution is 2.34. The molecule has 0 aliphatic heterocycles. The van der Waals surface area contributed by atoms with Crippen molar-refractivity contribution in [3.05, 3.63) is 70.7 Å². The van der Waals surface area contributed by atoms with Crippen LogP contribution in [-0.2, 0) is 25.8 Å². The molecule has 154 valence electrons. The van der Waals surface area contributed by atoms with Crippen molar-refractivity contribution in [2.45, 2.75) is 32.9 Å². The molecule has 29 heavy (non-hydrogen) atoms. The molecule has 0 saturated carbocycles. The fourth-order valence-corrected chi connectivity index (χ4v) is 3.82. The minimum atomic E-state index is -4.86. The van der Waals surface area contributed by atoms with Crippen molar-refractivity contribution < 1.29 is 31.4 Å². The van der Waals surface area contributed by atoms with Gasteiger partial charge in [0.1, 0.15) is 5.82 Å². The first-order valence-corrected chi connectivity index (χ1v) is 10.2. The molecule has 1 heterocycles. The molecule has 2 N–H and O–H groups in total. The standard InChI is InChI=1S/C20H20FNO6S/c1-12-3-5-14(6-4-12)20(28-29(25,26)27)22-17(9-10-19(23)24)13(2)16-11-15(21)7-8-18(16)22/h3-8,11,20H,9-10H2,1-2H3,(H,23,24)(H,25,26,27). The lowest BCUT2D eigenvalue weighted by Crippen LogP contribution is -2.21. The van der Waals surface area contributed by atoms with Gasteiger partial charge in [-0.05, 0) is 44.0 Å². The fraction of sp³-hybridized carbons (Fsp3) is 0.250. The number of halogens is 1. The van der Waals surface area contributed by atoms with Crippen molar-refractivity contribution in [3.63, 3.8) is 0 Å². The van der Waals surface area contributed by atoms with Crippen LogP contribution in [0.5, 0.6) is 0 Å². The van der Waals surface area contributed by atoms with Crippen molar-refractivity contribution in [2.75, 3.05) is 0 Å². The maximum Gasteiger partial charge on any atom is 0.399 e. The van der Waals surface area contributed by atoms with Gasteiger partial charge in [0, 0.05) is 16.6 Å². The average molecular weight is 421 g/mol. The van der Waals surface area contributed by atoms with Crippen LogP contribution >= 0.6 is 0 Å². The van der Waals surface area contributed by atoms with E-state index >= 15 is 0 Å². The van der Waals surface area contributed by atoms with Gasteiger partial charge in [-0.3, -0.25) is 9.35 Å². The lowest BCUT2D eigenvalue weighted by Gasteiger charge is -2.22. The number of aromatic nitrogens is 1. The molecule has 0 saturated heterocycles. The molecule has 0 spiro atoms. The van der Waals surface area contributed by atoms with Crippen molar-refractivity contribution in [3.8, 4) is 0 Å². The third-order valence-corrected chi connectivity index (χ3v) is 5.16. The number of rotatable bonds is 7. The van der Waals surface area contributed by atoms with E-state index in [1.165, 1.54) is 22.8 Å². The summed E-state index contributed by atoms with van der Waals surface area (Å²) in [5, 5.41) is 9.61. The van der Waals surface area contributed by atoms with Gasteiger partial charge in [-0.1, -0.05) is 29.8 Å². The summed E-state index contributed by atoms with van der Waals surface area (Å²) in [6.07, 6.45) is -1.45. The average Bonchev–Trinajstić information content (AvgIpc) is 2.89. The van der Waals surface area contributed by atoms with Crippen molar-refractivity contribution in [2.24, 2.45) is 0 Å². The molecule has 3 aromatic rings. The monoisotopic (exact) mass is 421 g/mol. The Morgan fingerprint density at radius 3 is 2.41 bits per heavy atom. The number of benzene rings is 2. The summed E-state index contributed by atoms with van der Waals surface area (Å²) in [4.78, 5) is 11.1. The maximum atomic E-state index is 13.8. The smallest absolute Gasteiger partial charge is 0.399 e. The summed E-state index contributed by atoms with van der Waals surface area (Å²) in [6.45, 7) is 3.56. The molecule has 3 rings (SSSR count). The lowest BCUT2D eigenvalue weighted by molar-refractivity contribution is -0.137. The molecule has 2 aromatic carbocycles. The quantitative estimate of drug-likeness (QED) is 0.563. The van der Waals surface area contributed by atoms with Crippen LogP contribution in [0.15, 0.2) is 42.5 Å². The highest BCUT2D eigenvalue weighted by Gasteiger charge is 2.27. The molecule has 7 nitrogen and oxygen atoms in total. The summed E-state index contributed by atoms with van der Waals surface area (Å²) >= 11 is 0. The first kappa shape index (κ1) is 21.0. The Hall–Kier alpha value is -2.75. The second-order valence-electron chi connectivity index (χ2n) is 6.78. The Morgan fingerprint density at radius 2 is 1.83 bits per heavy atom. The lowest BCUT2D eigenvalue weighted by atomic mass is 10.1. The zero-order valence-corrected chi connectivity index (χ0v) is 16.6. The Bertz CT molecular complexity index is 1170. The number of aryl methyl sites for hydroxylation is 2. The minimum Gasteiger partial charge on any atom is -0.481 e. The molecule has 1 unspecified atom stereocenters. The van der Waals surface area contributed by atoms with Crippen molar-refractivity contribution in [1.82, 2.24) is 4.57 Å². The molecule has 9 heteroatoms. The third kappa shape index (κ3) is 4.64. The topological polar surface area (TPSA) is 106 Å². The summed E-state index contributed by atoms with van der Waals surface area (Å²) in [5.74, 6) is -1.51. The van der Waals surface area contributed by atoms with E-state index in [1.54, 1.807) is 31.2 Å². The largest absolute Gasteiger partial charge is 0.481 e. The van der Waals surface area contributed by atoms with Crippen LogP contribution in [0.2, 0.25) is 0 Å². The first-order valence-electron chi connectivity index (χ1n) is 8.80. The van der Waals surface area contributed by atoms with Gasteiger partial charge in [0.15, 0.2) is 6.23 Å². The molecular formula is C20H20FNO6S. The number of carbonyl (C=O) groups is 1. The number of hydrogen-bond acceptors (Lipinski definition) is 4. The molecule has 0 bridgehead atoms. The van der Waals surface area contributed by atoms with Gasteiger partial charge in [0.25, 0.3) is 0 Å². The van der Waals surface area contributed by atoms with Crippen LogP contribution in [0, 0.1) is 19.7 Å². The van der Waals surface area contributed by atoms with Gasteiger partial charge in [0.2, 0.25) is 0 Å². The normalized spacial score (nSPS) is 13.0. The molecule has 0 aliphatic carbocycles. The van der Waals surface area contributed by atoms with E-state index in [0.29, 0.717) is 27.7 Å². The molecule has 1 aromatic heterocycles. The van der Waals surface area contributed by atoms with E-state index in [4.69, 9.17) is 9.29 Å². The highest BCUT2D eigenvalue weighted by atomic mass is 32.3. The van der Waals surface area contributed by atoms with E-state index < -0.39 is 28.4 Å². The Morgan fingerprint density at radius 1 is 1.17 bits per heavy atom. The Balaban J connectivity index is 2.29. The van der Waals surface area contributed by atoms with E-state index in [2.05, 4.69) is 0 Å². The maximum absolute atomic E-state index is 13.8. The van der Waals surface area contributed by atoms with Gasteiger partial charge in [0.05, 0.1) is 11.9 Å². The summed E-state index contributed by atoms with van der Waals surface area (Å²) < 4.78 is 52.9. The van der Waals surface area contributed by atoms with Crippen LogP contribution in [0.1, 0.15) is 35.0 Å². The third-order valence-electron chi connectivity index (χ3n) is 4.73. The van der Waals surface area contributed by atoms with Crippen LogP contribution in [0.3, 0.4) is 0 Å². The van der Waals surface area contributed by atoms with E-state index in [0.717, 1.165) is 5.56 Å². The van der Waals surface area contributed by atoms with Crippen LogP contribution in [0.4, 0.5) is 4.39 Å². The number of nitrogens with zero attached hydrogens (tertiary/aromatic N) is 1. The number of carboxylic acid groups (broad SMARTS) is 1. The van der Waals surface area contributed by atoms with Crippen molar-refractivity contribution >= 4 is 27.3 Å². The van der Waals surface area contributed by atoms with Gasteiger partial charge in [-0.25, -0.2) is 8.57 Å². The molecule has 0 radical (unpaired) electrons. The summed E-state index contributed by atoms with van der Waals surface area (Å²) in [5.41, 5.74) is 2.89. The number of hydrogen-bond donors (Lipinski definition) is 2. The van der Waals surface area contributed by atoms with Crippen LogP contribution in [-0.4, -0.2) is 28.6 Å². The second kappa shape index (κ2) is 7.94. The van der Waals surface area contributed by atoms with Crippen LogP contribution < -0.4 is 0 Å². The predicted molar refractivity (Wildman–Crippen MR) is 105 cm³/mol. The molecular weight excluding hydrogens is 401 g/mol. The molecule has 1 atom stereocenters. The van der Waals surface area contributed by atoms with Crippen LogP contribution in [0.25, 0.3) is 10.9 Å². The van der Waals surface area contributed by atoms with E-state index in [1.807, 2.05) is 6.92 Å². The zero-order chi connectivity index (χ0) is 21.3. The van der Waals surface area contributed by atoms with Gasteiger partial charge in [-0.15, -0.1) is 0 Å². The van der Waals surface area contributed by atoms with E-state index in [9.17, 15) is 22.2 Å². The Kier molecular flexibility index (Phi) is 5.74. The molecule has 0 amide bonds. The van der Waals surface area contributed by atoms with Gasteiger partial charge < -0.3 is 9.67 Å². The fourth-order valence-electron chi connectivity index (χ4n) is 3.40. The molecule has 0 aliphatic rings. The van der Waals surface area contributed by atoms with E-state index in [-0.39, 0.29) is 12.8 Å². The minimum absolute atomic E-state index is 0.0642. The van der Waals surface area contributed by atoms with Crippen molar-refractivity contribution in [1.29, 1.82) is 0 Å². The second-order valence-corrected chi connectivity index (χ2v) is 7.83. The van der Waals surface area contributed by atoms with Gasteiger partial charge >= 0.3 is 16.4 Å². The van der Waals surface area contributed by atoms with Gasteiger partial charge in [-0.2, -0.15) is 8.42 Å². The number of carboxylic acids is 1. The summed E-state index contributed by atoms with van der Waals surface area (Å²) in [7, 11) is -4.86. The zero-order valence-electron chi connectivity index (χ0n) is 15.8. The first-order chi connectivity index (χ1) is 13.6. The SMILES string of the molecule is Cc1ccc(C(OS(=O)(=O)O)n2c(CCC(=O)O)c(C)c3cc(F)ccc32)cc1. The number of fused-ring (bicyclic) bond motifs is 1. The Labute approximate surface area is 167 Å².